The summed E-state index contributed by atoms with van der Waals surface area (Å²) in [7, 11) is 0. The highest BCUT2D eigenvalue weighted by atomic mass is 19.4. The summed E-state index contributed by atoms with van der Waals surface area (Å²) < 4.78 is 45.8. The summed E-state index contributed by atoms with van der Waals surface area (Å²) in [5.74, 6) is -1.29. The van der Waals surface area contributed by atoms with E-state index in [1.807, 2.05) is 35.2 Å². The number of nitrogens with zero attached hydrogens (tertiary/aromatic N) is 4. The molecule has 4 rings (SSSR count). The van der Waals surface area contributed by atoms with Crippen molar-refractivity contribution in [3.05, 3.63) is 76.4 Å². The molecule has 0 aromatic heterocycles. The third-order valence-corrected chi connectivity index (χ3v) is 7.59. The summed E-state index contributed by atoms with van der Waals surface area (Å²) in [4.78, 5) is 43.1. The van der Waals surface area contributed by atoms with Crippen molar-refractivity contribution in [2.24, 2.45) is 0 Å². The summed E-state index contributed by atoms with van der Waals surface area (Å²) in [5.41, 5.74) is -0.405. The maximum atomic E-state index is 13.4. The van der Waals surface area contributed by atoms with Crippen molar-refractivity contribution in [1.29, 1.82) is 5.26 Å². The van der Waals surface area contributed by atoms with Crippen LogP contribution in [0, 0.1) is 11.3 Å². The number of unbranched alkanes of at least 4 members (excludes halogenated alkanes) is 2. The largest absolute Gasteiger partial charge is 0.417 e. The molecule has 2 aliphatic rings. The second kappa shape index (κ2) is 13.8. The molecule has 2 aromatic carbocycles. The number of halogens is 3. The number of rotatable bonds is 11. The van der Waals surface area contributed by atoms with Crippen molar-refractivity contribution < 1.29 is 32.3 Å². The van der Waals surface area contributed by atoms with Gasteiger partial charge < -0.3 is 9.64 Å². The van der Waals surface area contributed by atoms with E-state index >= 15 is 0 Å². The molecule has 0 atom stereocenters. The van der Waals surface area contributed by atoms with Gasteiger partial charge >= 0.3 is 6.18 Å². The van der Waals surface area contributed by atoms with Gasteiger partial charge in [0.2, 0.25) is 5.91 Å². The highest BCUT2D eigenvalue weighted by Crippen LogP contribution is 2.37. The molecule has 0 unspecified atom stereocenters. The zero-order valence-electron chi connectivity index (χ0n) is 23.5. The summed E-state index contributed by atoms with van der Waals surface area (Å²) in [6, 6.07) is 14.0. The van der Waals surface area contributed by atoms with E-state index in [-0.39, 0.29) is 23.8 Å². The van der Waals surface area contributed by atoms with Crippen LogP contribution in [0.2, 0.25) is 0 Å². The molecule has 2 aliphatic heterocycles. The van der Waals surface area contributed by atoms with Gasteiger partial charge in [0.1, 0.15) is 6.61 Å². The van der Waals surface area contributed by atoms with Gasteiger partial charge in [0.15, 0.2) is 0 Å². The first-order valence-electron chi connectivity index (χ1n) is 13.9. The fourth-order valence-corrected chi connectivity index (χ4v) is 5.17. The minimum atomic E-state index is -4.79. The summed E-state index contributed by atoms with van der Waals surface area (Å²) in [5, 5.41) is 9.02. The predicted octanol–water partition coefficient (Wildman–Crippen LogP) is 4.69. The second-order valence-electron chi connectivity index (χ2n) is 10.4. The minimum Gasteiger partial charge on any atom is -0.367 e. The average molecular weight is 583 g/mol. The molecular weight excluding hydrogens is 549 g/mol. The van der Waals surface area contributed by atoms with Gasteiger partial charge in [0.25, 0.3) is 11.8 Å². The fourth-order valence-electron chi connectivity index (χ4n) is 5.17. The second-order valence-corrected chi connectivity index (χ2v) is 10.4. The molecule has 0 N–H and O–H groups in total. The highest BCUT2D eigenvalue weighted by molar-refractivity contribution is 6.32. The molecule has 0 aliphatic carbocycles. The number of amides is 3. The first kappa shape index (κ1) is 30.9. The average Bonchev–Trinajstić information content (AvgIpc) is 3.19. The quantitative estimate of drug-likeness (QED) is 0.282. The molecule has 222 valence electrons. The SMILES string of the molecule is CC1=C(CCCCCN2CCN(C(=O)COCc3ccccc3)CC2)C(=O)N(c2ccc(C#N)c(C(F)(F)F)c2)C1=O. The Kier molecular flexibility index (Phi) is 10.1. The number of anilines is 1. The van der Waals surface area contributed by atoms with Gasteiger partial charge in [-0.2, -0.15) is 18.4 Å². The molecule has 0 radical (unpaired) electrons. The normalized spacial score (nSPS) is 16.4. The molecule has 0 saturated carbocycles. The van der Waals surface area contributed by atoms with E-state index < -0.39 is 29.1 Å². The van der Waals surface area contributed by atoms with Crippen molar-refractivity contribution in [3.63, 3.8) is 0 Å². The van der Waals surface area contributed by atoms with Crippen LogP contribution in [0.25, 0.3) is 0 Å². The first-order chi connectivity index (χ1) is 20.1. The van der Waals surface area contributed by atoms with Crippen molar-refractivity contribution in [1.82, 2.24) is 9.80 Å². The van der Waals surface area contributed by atoms with Crippen LogP contribution in [-0.2, 0) is 31.9 Å². The van der Waals surface area contributed by atoms with Crippen molar-refractivity contribution in [2.45, 2.75) is 45.4 Å². The molecular formula is C31H33F3N4O4. The number of carbonyl (C=O) groups is 3. The van der Waals surface area contributed by atoms with Gasteiger partial charge in [-0.3, -0.25) is 19.3 Å². The van der Waals surface area contributed by atoms with Gasteiger partial charge in [0, 0.05) is 37.3 Å². The molecule has 0 spiro atoms. The maximum absolute atomic E-state index is 13.4. The van der Waals surface area contributed by atoms with Crippen LogP contribution in [0.4, 0.5) is 18.9 Å². The van der Waals surface area contributed by atoms with E-state index in [4.69, 9.17) is 10.00 Å². The summed E-state index contributed by atoms with van der Waals surface area (Å²) in [6.07, 6.45) is -2.12. The van der Waals surface area contributed by atoms with Gasteiger partial charge in [-0.15, -0.1) is 0 Å². The summed E-state index contributed by atoms with van der Waals surface area (Å²) >= 11 is 0. The number of nitriles is 1. The highest BCUT2D eigenvalue weighted by Gasteiger charge is 2.39. The third-order valence-electron chi connectivity index (χ3n) is 7.59. The number of imide groups is 1. The van der Waals surface area contributed by atoms with E-state index in [9.17, 15) is 27.6 Å². The number of hydrogen-bond donors (Lipinski definition) is 0. The number of piperazine rings is 1. The first-order valence-corrected chi connectivity index (χ1v) is 13.9. The van der Waals surface area contributed by atoms with Gasteiger partial charge in [-0.1, -0.05) is 36.8 Å². The molecule has 2 aromatic rings. The van der Waals surface area contributed by atoms with Crippen LogP contribution in [0.3, 0.4) is 0 Å². The molecule has 1 saturated heterocycles. The Bertz CT molecular complexity index is 1380. The monoisotopic (exact) mass is 582 g/mol. The number of carbonyl (C=O) groups excluding carboxylic acids is 3. The number of alkyl halides is 3. The van der Waals surface area contributed by atoms with Gasteiger partial charge in [0.05, 0.1) is 29.5 Å². The van der Waals surface area contributed by atoms with Gasteiger partial charge in [-0.25, -0.2) is 4.90 Å². The Morgan fingerprint density at radius 1 is 0.976 bits per heavy atom. The topological polar surface area (TPSA) is 93.9 Å². The molecule has 8 nitrogen and oxygen atoms in total. The van der Waals surface area contributed by atoms with Crippen molar-refractivity contribution in [2.75, 3.05) is 44.2 Å². The van der Waals surface area contributed by atoms with E-state index in [0.717, 1.165) is 49.0 Å². The molecule has 42 heavy (non-hydrogen) atoms. The Morgan fingerprint density at radius 2 is 1.69 bits per heavy atom. The minimum absolute atomic E-state index is 0.0188. The fraction of sp³-hybridized carbons (Fsp3) is 0.419. The lowest BCUT2D eigenvalue weighted by molar-refractivity contribution is -0.138. The Balaban J connectivity index is 1.18. The summed E-state index contributed by atoms with van der Waals surface area (Å²) in [6.45, 7) is 5.61. The zero-order valence-corrected chi connectivity index (χ0v) is 23.5. The van der Waals surface area contributed by atoms with Crippen LogP contribution >= 0.6 is 0 Å². The Hall–Kier alpha value is -4.01. The lowest BCUT2D eigenvalue weighted by Crippen LogP contribution is -2.49. The van der Waals surface area contributed by atoms with Crippen LogP contribution in [-0.4, -0.2) is 66.9 Å². The van der Waals surface area contributed by atoms with Crippen LogP contribution in [0.1, 0.15) is 49.3 Å². The standard InChI is InChI=1S/C31H33F3N4O4/c1-22-26(30(41)38(29(22)40)25-12-11-24(19-35)27(18-25)31(32,33)34)10-6-3-7-13-36-14-16-37(17-15-36)28(39)21-42-20-23-8-4-2-5-9-23/h2,4-5,8-9,11-12,18H,3,6-7,10,13-17,20-21H2,1H3. The maximum Gasteiger partial charge on any atom is 0.417 e. The van der Waals surface area contributed by atoms with E-state index in [1.54, 1.807) is 0 Å². The van der Waals surface area contributed by atoms with E-state index in [0.29, 0.717) is 44.2 Å². The number of ether oxygens (including phenoxy) is 1. The van der Waals surface area contributed by atoms with Crippen LogP contribution in [0.15, 0.2) is 59.7 Å². The Morgan fingerprint density at radius 3 is 2.36 bits per heavy atom. The molecule has 0 bridgehead atoms. The lowest BCUT2D eigenvalue weighted by atomic mass is 10.0. The molecule has 2 heterocycles. The zero-order chi connectivity index (χ0) is 30.3. The van der Waals surface area contributed by atoms with Crippen molar-refractivity contribution in [3.8, 4) is 6.07 Å². The smallest absolute Gasteiger partial charge is 0.367 e. The van der Waals surface area contributed by atoms with Crippen LogP contribution < -0.4 is 4.90 Å². The third kappa shape index (κ3) is 7.43. The van der Waals surface area contributed by atoms with E-state index in [2.05, 4.69) is 4.90 Å². The van der Waals surface area contributed by atoms with Crippen molar-refractivity contribution >= 4 is 23.4 Å². The van der Waals surface area contributed by atoms with Crippen LogP contribution in [0.5, 0.6) is 0 Å². The predicted molar refractivity (Wildman–Crippen MR) is 149 cm³/mol. The molecule has 3 amide bonds. The molecule has 11 heteroatoms. The number of benzene rings is 2. The Labute approximate surface area is 242 Å². The molecule has 1 fully saturated rings. The lowest BCUT2D eigenvalue weighted by Gasteiger charge is -2.34. The van der Waals surface area contributed by atoms with Gasteiger partial charge in [-0.05, 0) is 56.5 Å². The number of hydrogen-bond acceptors (Lipinski definition) is 6. The van der Waals surface area contributed by atoms with E-state index in [1.165, 1.54) is 19.1 Å².